The minimum atomic E-state index is 0.628. The van der Waals surface area contributed by atoms with Gasteiger partial charge in [0, 0.05) is 9.64 Å². The van der Waals surface area contributed by atoms with Crippen molar-refractivity contribution in [1.29, 1.82) is 0 Å². The van der Waals surface area contributed by atoms with Crippen molar-refractivity contribution in [2.24, 2.45) is 0 Å². The molecule has 0 aliphatic rings. The summed E-state index contributed by atoms with van der Waals surface area (Å²) in [6.07, 6.45) is 0. The van der Waals surface area contributed by atoms with Gasteiger partial charge < -0.3 is 15.2 Å². The third-order valence-corrected chi connectivity index (χ3v) is 2.99. The molecular weight excluding hydrogens is 341 g/mol. The highest BCUT2D eigenvalue weighted by Crippen LogP contribution is 2.30. The highest BCUT2D eigenvalue weighted by Gasteiger charge is 2.03. The summed E-state index contributed by atoms with van der Waals surface area (Å²) < 4.78 is 12.2. The van der Waals surface area contributed by atoms with E-state index < -0.39 is 0 Å². The summed E-state index contributed by atoms with van der Waals surface area (Å²) in [4.78, 5) is 0. The van der Waals surface area contributed by atoms with Gasteiger partial charge >= 0.3 is 0 Å². The predicted molar refractivity (Wildman–Crippen MR) is 81.3 cm³/mol. The van der Waals surface area contributed by atoms with E-state index in [9.17, 15) is 0 Å². The summed E-state index contributed by atoms with van der Waals surface area (Å²) in [5.41, 5.74) is 6.53. The average molecular weight is 355 g/mol. The lowest BCUT2D eigenvalue weighted by Crippen LogP contribution is -1.94. The molecule has 94 valence electrons. The maximum absolute atomic E-state index is 5.90. The Hall–Kier alpha value is -1.43. The second-order valence-electron chi connectivity index (χ2n) is 3.69. The fourth-order valence-electron chi connectivity index (χ4n) is 1.53. The number of hydrogen-bond acceptors (Lipinski definition) is 3. The summed E-state index contributed by atoms with van der Waals surface area (Å²) >= 11 is 2.21. The maximum atomic E-state index is 5.90. The summed E-state index contributed by atoms with van der Waals surface area (Å²) in [5, 5.41) is 0. The van der Waals surface area contributed by atoms with Crippen molar-refractivity contribution < 1.29 is 9.47 Å². The molecule has 0 spiro atoms. The van der Waals surface area contributed by atoms with E-state index in [4.69, 9.17) is 15.2 Å². The Balaban J connectivity index is 2.20. The summed E-state index contributed by atoms with van der Waals surface area (Å²) in [5.74, 6) is 2.16. The van der Waals surface area contributed by atoms with Crippen LogP contribution in [0.4, 0.5) is 5.69 Å². The molecular formula is C14H14INO2. The first-order valence-corrected chi connectivity index (χ1v) is 6.72. The quantitative estimate of drug-likeness (QED) is 0.664. The number of benzene rings is 2. The number of anilines is 1. The van der Waals surface area contributed by atoms with Crippen LogP contribution in [0.2, 0.25) is 0 Å². The van der Waals surface area contributed by atoms with Crippen LogP contribution in [0.5, 0.6) is 17.2 Å². The van der Waals surface area contributed by atoms with Crippen LogP contribution in [0.25, 0.3) is 0 Å². The van der Waals surface area contributed by atoms with Gasteiger partial charge in [-0.3, -0.25) is 0 Å². The monoisotopic (exact) mass is 355 g/mol. The van der Waals surface area contributed by atoms with E-state index in [0.29, 0.717) is 23.8 Å². The fourth-order valence-corrected chi connectivity index (χ4v) is 2.05. The Labute approximate surface area is 120 Å². The summed E-state index contributed by atoms with van der Waals surface area (Å²) in [7, 11) is 0. The maximum Gasteiger partial charge on any atom is 0.150 e. The van der Waals surface area contributed by atoms with Gasteiger partial charge in [-0.1, -0.05) is 6.07 Å². The Morgan fingerprint density at radius 1 is 1.11 bits per heavy atom. The molecule has 0 amide bonds. The van der Waals surface area contributed by atoms with Crippen molar-refractivity contribution in [3.05, 3.63) is 46.0 Å². The smallest absolute Gasteiger partial charge is 0.150 e. The number of hydrogen-bond donors (Lipinski definition) is 1. The van der Waals surface area contributed by atoms with E-state index in [0.717, 1.165) is 9.32 Å². The van der Waals surface area contributed by atoms with Crippen LogP contribution in [-0.4, -0.2) is 6.61 Å². The van der Waals surface area contributed by atoms with Crippen LogP contribution in [0, 0.1) is 3.57 Å². The van der Waals surface area contributed by atoms with Gasteiger partial charge in [0.15, 0.2) is 0 Å². The Bertz CT molecular complexity index is 543. The molecule has 0 saturated carbocycles. The van der Waals surface area contributed by atoms with Gasteiger partial charge in [-0.2, -0.15) is 0 Å². The molecule has 2 aromatic carbocycles. The first-order valence-electron chi connectivity index (χ1n) is 5.65. The van der Waals surface area contributed by atoms with Crippen molar-refractivity contribution in [2.45, 2.75) is 6.92 Å². The topological polar surface area (TPSA) is 44.5 Å². The predicted octanol–water partition coefficient (Wildman–Crippen LogP) is 4.06. The highest BCUT2D eigenvalue weighted by molar-refractivity contribution is 14.1. The number of halogens is 1. The molecule has 0 aromatic heterocycles. The molecule has 0 heterocycles. The van der Waals surface area contributed by atoms with Crippen molar-refractivity contribution in [1.82, 2.24) is 0 Å². The number of ether oxygens (including phenoxy) is 2. The molecule has 0 aliphatic heterocycles. The zero-order valence-electron chi connectivity index (χ0n) is 10.0. The zero-order valence-corrected chi connectivity index (χ0v) is 12.2. The van der Waals surface area contributed by atoms with Crippen LogP contribution in [-0.2, 0) is 0 Å². The molecule has 0 saturated heterocycles. The SMILES string of the molecule is CCOc1cccc(Oc2ccc(I)cc2N)c1. The van der Waals surface area contributed by atoms with E-state index in [-0.39, 0.29) is 0 Å². The van der Waals surface area contributed by atoms with E-state index in [2.05, 4.69) is 22.6 Å². The first kappa shape index (κ1) is 13.0. The van der Waals surface area contributed by atoms with Crippen LogP contribution in [0.1, 0.15) is 6.92 Å². The molecule has 4 heteroatoms. The standard InChI is InChI=1S/C14H14INO2/c1-2-17-11-4-3-5-12(9-11)18-14-7-6-10(15)8-13(14)16/h3-9H,2,16H2,1H3. The van der Waals surface area contributed by atoms with Crippen molar-refractivity contribution in [2.75, 3.05) is 12.3 Å². The normalized spacial score (nSPS) is 10.1. The molecule has 2 rings (SSSR count). The first-order chi connectivity index (χ1) is 8.69. The average Bonchev–Trinajstić information content (AvgIpc) is 2.34. The Kier molecular flexibility index (Phi) is 4.30. The number of rotatable bonds is 4. The van der Waals surface area contributed by atoms with E-state index in [1.807, 2.05) is 49.4 Å². The van der Waals surface area contributed by atoms with Gasteiger partial charge in [-0.15, -0.1) is 0 Å². The molecule has 2 aromatic rings. The van der Waals surface area contributed by atoms with E-state index in [1.165, 1.54) is 0 Å². The lowest BCUT2D eigenvalue weighted by atomic mass is 10.3. The largest absolute Gasteiger partial charge is 0.494 e. The molecule has 0 bridgehead atoms. The van der Waals surface area contributed by atoms with Crippen LogP contribution < -0.4 is 15.2 Å². The van der Waals surface area contributed by atoms with Gasteiger partial charge in [0.25, 0.3) is 0 Å². The van der Waals surface area contributed by atoms with Crippen LogP contribution in [0.15, 0.2) is 42.5 Å². The second kappa shape index (κ2) is 5.95. The van der Waals surface area contributed by atoms with Gasteiger partial charge in [0.05, 0.1) is 12.3 Å². The third kappa shape index (κ3) is 3.29. The van der Waals surface area contributed by atoms with Crippen molar-refractivity contribution in [3.8, 4) is 17.2 Å². The Morgan fingerprint density at radius 3 is 2.61 bits per heavy atom. The number of nitrogens with two attached hydrogens (primary N) is 1. The molecule has 0 radical (unpaired) electrons. The molecule has 2 N–H and O–H groups in total. The fraction of sp³-hybridized carbons (Fsp3) is 0.143. The zero-order chi connectivity index (χ0) is 13.0. The molecule has 0 fully saturated rings. The molecule has 0 atom stereocenters. The lowest BCUT2D eigenvalue weighted by molar-refractivity contribution is 0.338. The Morgan fingerprint density at radius 2 is 1.89 bits per heavy atom. The summed E-state index contributed by atoms with van der Waals surface area (Å²) in [6, 6.07) is 13.2. The van der Waals surface area contributed by atoms with Gasteiger partial charge in [-0.05, 0) is 59.8 Å². The minimum Gasteiger partial charge on any atom is -0.494 e. The van der Waals surface area contributed by atoms with Crippen molar-refractivity contribution in [3.63, 3.8) is 0 Å². The second-order valence-corrected chi connectivity index (χ2v) is 4.94. The highest BCUT2D eigenvalue weighted by atomic mass is 127. The van der Waals surface area contributed by atoms with E-state index in [1.54, 1.807) is 0 Å². The third-order valence-electron chi connectivity index (χ3n) is 2.32. The van der Waals surface area contributed by atoms with Crippen LogP contribution in [0.3, 0.4) is 0 Å². The van der Waals surface area contributed by atoms with Crippen LogP contribution >= 0.6 is 22.6 Å². The van der Waals surface area contributed by atoms with E-state index >= 15 is 0 Å². The lowest BCUT2D eigenvalue weighted by Gasteiger charge is -2.10. The number of nitrogen functional groups attached to an aromatic ring is 1. The van der Waals surface area contributed by atoms with Gasteiger partial charge in [0.2, 0.25) is 0 Å². The molecule has 18 heavy (non-hydrogen) atoms. The van der Waals surface area contributed by atoms with Gasteiger partial charge in [0.1, 0.15) is 17.2 Å². The minimum absolute atomic E-state index is 0.628. The van der Waals surface area contributed by atoms with Crippen molar-refractivity contribution >= 4 is 28.3 Å². The summed E-state index contributed by atoms with van der Waals surface area (Å²) in [6.45, 7) is 2.58. The van der Waals surface area contributed by atoms with Gasteiger partial charge in [-0.25, -0.2) is 0 Å². The molecule has 0 aliphatic carbocycles. The molecule has 0 unspecified atom stereocenters. The molecule has 3 nitrogen and oxygen atoms in total.